The molecule has 1 saturated heterocycles. The number of piperidine rings is 1. The number of benzene rings is 2. The maximum absolute atomic E-state index is 13.1. The van der Waals surface area contributed by atoms with Gasteiger partial charge in [0.2, 0.25) is 10.0 Å². The average molecular weight is 437 g/mol. The van der Waals surface area contributed by atoms with Crippen molar-refractivity contribution < 1.29 is 31.8 Å². The predicted octanol–water partition coefficient (Wildman–Crippen LogP) is 2.86. The SMILES string of the molecule is COc1ccc(OCCOC(=O)C2CCCN(S(=O)(=O)c3ccc(F)cc3)C2)cc1. The first-order valence-corrected chi connectivity index (χ1v) is 11.0. The average Bonchev–Trinajstić information content (AvgIpc) is 2.77. The van der Waals surface area contributed by atoms with Crippen molar-refractivity contribution in [2.45, 2.75) is 17.7 Å². The van der Waals surface area contributed by atoms with Crippen molar-refractivity contribution in [3.63, 3.8) is 0 Å². The Morgan fingerprint density at radius 3 is 2.40 bits per heavy atom. The summed E-state index contributed by atoms with van der Waals surface area (Å²) in [7, 11) is -2.21. The molecule has 0 bridgehead atoms. The van der Waals surface area contributed by atoms with Crippen LogP contribution < -0.4 is 9.47 Å². The highest BCUT2D eigenvalue weighted by Gasteiger charge is 2.34. The number of halogens is 1. The fraction of sp³-hybridized carbons (Fsp3) is 0.381. The molecule has 7 nitrogen and oxygen atoms in total. The van der Waals surface area contributed by atoms with Crippen LogP contribution in [0.3, 0.4) is 0 Å². The van der Waals surface area contributed by atoms with E-state index < -0.39 is 27.7 Å². The van der Waals surface area contributed by atoms with E-state index in [0.717, 1.165) is 12.1 Å². The first kappa shape index (κ1) is 22.0. The van der Waals surface area contributed by atoms with Crippen molar-refractivity contribution in [2.75, 3.05) is 33.4 Å². The quantitative estimate of drug-likeness (QED) is 0.467. The van der Waals surface area contributed by atoms with E-state index in [1.807, 2.05) is 0 Å². The second-order valence-electron chi connectivity index (χ2n) is 6.85. The fourth-order valence-electron chi connectivity index (χ4n) is 3.20. The highest BCUT2D eigenvalue weighted by molar-refractivity contribution is 7.89. The highest BCUT2D eigenvalue weighted by atomic mass is 32.2. The van der Waals surface area contributed by atoms with E-state index in [1.54, 1.807) is 31.4 Å². The van der Waals surface area contributed by atoms with E-state index in [9.17, 15) is 17.6 Å². The molecule has 2 aromatic carbocycles. The number of sulfonamides is 1. The predicted molar refractivity (Wildman–Crippen MR) is 107 cm³/mol. The molecule has 0 N–H and O–H groups in total. The van der Waals surface area contributed by atoms with Gasteiger partial charge >= 0.3 is 5.97 Å². The number of hydrogen-bond donors (Lipinski definition) is 0. The maximum atomic E-state index is 13.1. The zero-order chi connectivity index (χ0) is 21.6. The van der Waals surface area contributed by atoms with Crippen LogP contribution in [0.1, 0.15) is 12.8 Å². The summed E-state index contributed by atoms with van der Waals surface area (Å²) in [5.41, 5.74) is 0. The van der Waals surface area contributed by atoms with Gasteiger partial charge in [0.1, 0.15) is 30.5 Å². The molecule has 0 radical (unpaired) electrons. The van der Waals surface area contributed by atoms with Crippen LogP contribution in [0, 0.1) is 11.7 Å². The molecule has 0 saturated carbocycles. The summed E-state index contributed by atoms with van der Waals surface area (Å²) in [6, 6.07) is 11.7. The smallest absolute Gasteiger partial charge is 0.310 e. The number of methoxy groups -OCH3 is 1. The molecular formula is C21H24FNO6S. The van der Waals surface area contributed by atoms with Crippen molar-refractivity contribution in [2.24, 2.45) is 5.92 Å². The Kier molecular flexibility index (Phi) is 7.28. The monoisotopic (exact) mass is 437 g/mol. The van der Waals surface area contributed by atoms with Crippen molar-refractivity contribution in [3.05, 3.63) is 54.3 Å². The van der Waals surface area contributed by atoms with E-state index in [2.05, 4.69) is 0 Å². The summed E-state index contributed by atoms with van der Waals surface area (Å²) in [6.07, 6.45) is 1.09. The summed E-state index contributed by atoms with van der Waals surface area (Å²) in [5, 5.41) is 0. The Morgan fingerprint density at radius 2 is 1.73 bits per heavy atom. The molecule has 0 spiro atoms. The van der Waals surface area contributed by atoms with Gasteiger partial charge in [-0.25, -0.2) is 12.8 Å². The molecule has 0 amide bonds. The summed E-state index contributed by atoms with van der Waals surface area (Å²) < 4.78 is 55.7. The topological polar surface area (TPSA) is 82.1 Å². The minimum absolute atomic E-state index is 0.00538. The van der Waals surface area contributed by atoms with Gasteiger partial charge in [0, 0.05) is 13.1 Å². The molecule has 1 atom stereocenters. The Hall–Kier alpha value is -2.65. The number of carbonyl (C=O) groups is 1. The van der Waals surface area contributed by atoms with Crippen molar-refractivity contribution in [3.8, 4) is 11.5 Å². The number of carbonyl (C=O) groups excluding carboxylic acids is 1. The summed E-state index contributed by atoms with van der Waals surface area (Å²) in [6.45, 7) is 0.594. The molecule has 1 unspecified atom stereocenters. The first-order valence-electron chi connectivity index (χ1n) is 9.59. The van der Waals surface area contributed by atoms with Crippen LogP contribution in [0.15, 0.2) is 53.4 Å². The summed E-state index contributed by atoms with van der Waals surface area (Å²) in [5.74, 6) is -0.166. The summed E-state index contributed by atoms with van der Waals surface area (Å²) in [4.78, 5) is 12.4. The lowest BCUT2D eigenvalue weighted by Crippen LogP contribution is -2.42. The van der Waals surface area contributed by atoms with E-state index in [1.165, 1.54) is 16.4 Å². The van der Waals surface area contributed by atoms with E-state index in [-0.39, 0.29) is 24.7 Å². The molecule has 1 heterocycles. The van der Waals surface area contributed by atoms with Crippen LogP contribution in [0.25, 0.3) is 0 Å². The zero-order valence-corrected chi connectivity index (χ0v) is 17.4. The third-order valence-corrected chi connectivity index (χ3v) is 6.70. The highest BCUT2D eigenvalue weighted by Crippen LogP contribution is 2.25. The number of hydrogen-bond acceptors (Lipinski definition) is 6. The number of nitrogens with zero attached hydrogens (tertiary/aromatic N) is 1. The van der Waals surface area contributed by atoms with Crippen LogP contribution in [0.5, 0.6) is 11.5 Å². The first-order chi connectivity index (χ1) is 14.4. The Morgan fingerprint density at radius 1 is 1.07 bits per heavy atom. The van der Waals surface area contributed by atoms with Crippen LogP contribution in [0.4, 0.5) is 4.39 Å². The fourth-order valence-corrected chi connectivity index (χ4v) is 4.72. The lowest BCUT2D eigenvalue weighted by molar-refractivity contribution is -0.150. The molecule has 2 aromatic rings. The minimum Gasteiger partial charge on any atom is -0.497 e. The van der Waals surface area contributed by atoms with Gasteiger partial charge < -0.3 is 14.2 Å². The van der Waals surface area contributed by atoms with Gasteiger partial charge in [0.25, 0.3) is 0 Å². The number of esters is 1. The Balaban J connectivity index is 1.49. The molecule has 1 aliphatic heterocycles. The second kappa shape index (κ2) is 9.90. The lowest BCUT2D eigenvalue weighted by atomic mass is 10.0. The Labute approximate surface area is 175 Å². The van der Waals surface area contributed by atoms with E-state index in [0.29, 0.717) is 30.9 Å². The normalized spacial score (nSPS) is 17.3. The summed E-state index contributed by atoms with van der Waals surface area (Å²) >= 11 is 0. The molecule has 1 aliphatic rings. The van der Waals surface area contributed by atoms with Crippen LogP contribution in [-0.2, 0) is 19.6 Å². The van der Waals surface area contributed by atoms with Crippen molar-refractivity contribution in [1.82, 2.24) is 4.31 Å². The molecule has 0 aliphatic carbocycles. The van der Waals surface area contributed by atoms with Gasteiger partial charge in [-0.1, -0.05) is 0 Å². The third-order valence-electron chi connectivity index (χ3n) is 4.82. The largest absolute Gasteiger partial charge is 0.497 e. The van der Waals surface area contributed by atoms with Gasteiger partial charge in [-0.05, 0) is 61.4 Å². The number of ether oxygens (including phenoxy) is 3. The van der Waals surface area contributed by atoms with Crippen LogP contribution in [0.2, 0.25) is 0 Å². The van der Waals surface area contributed by atoms with Gasteiger partial charge in [-0.15, -0.1) is 0 Å². The molecule has 162 valence electrons. The van der Waals surface area contributed by atoms with Gasteiger partial charge in [0.05, 0.1) is 17.9 Å². The lowest BCUT2D eigenvalue weighted by Gasteiger charge is -2.30. The Bertz CT molecular complexity index is 946. The molecular weight excluding hydrogens is 413 g/mol. The van der Waals surface area contributed by atoms with Gasteiger partial charge in [0.15, 0.2) is 0 Å². The zero-order valence-electron chi connectivity index (χ0n) is 16.6. The van der Waals surface area contributed by atoms with Gasteiger partial charge in [-0.2, -0.15) is 4.31 Å². The van der Waals surface area contributed by atoms with Gasteiger partial charge in [-0.3, -0.25) is 4.79 Å². The standard InChI is InChI=1S/C21H24FNO6S/c1-27-18-6-8-19(9-7-18)28-13-14-29-21(24)16-3-2-12-23(15-16)30(25,26)20-10-4-17(22)5-11-20/h4-11,16H,2-3,12-15H2,1H3. The molecule has 30 heavy (non-hydrogen) atoms. The molecule has 0 aromatic heterocycles. The van der Waals surface area contributed by atoms with E-state index >= 15 is 0 Å². The third kappa shape index (κ3) is 5.48. The second-order valence-corrected chi connectivity index (χ2v) is 8.79. The van der Waals surface area contributed by atoms with Crippen LogP contribution in [-0.4, -0.2) is 52.1 Å². The van der Waals surface area contributed by atoms with E-state index in [4.69, 9.17) is 14.2 Å². The minimum atomic E-state index is -3.79. The van der Waals surface area contributed by atoms with Crippen molar-refractivity contribution in [1.29, 1.82) is 0 Å². The maximum Gasteiger partial charge on any atom is 0.310 e. The molecule has 1 fully saturated rings. The van der Waals surface area contributed by atoms with Crippen LogP contribution >= 0.6 is 0 Å². The molecule has 3 rings (SSSR count). The number of rotatable bonds is 8. The molecule has 9 heteroatoms. The van der Waals surface area contributed by atoms with Crippen molar-refractivity contribution >= 4 is 16.0 Å².